The molecule has 0 amide bonds. The maximum atomic E-state index is 11.8. The highest BCUT2D eigenvalue weighted by Crippen LogP contribution is 2.38. The fourth-order valence-corrected chi connectivity index (χ4v) is 3.74. The van der Waals surface area contributed by atoms with Crippen molar-refractivity contribution in [2.24, 2.45) is 29.1 Å². The summed E-state index contributed by atoms with van der Waals surface area (Å²) in [5.41, 5.74) is -0.0127. The fourth-order valence-electron chi connectivity index (χ4n) is 3.74. The predicted molar refractivity (Wildman–Crippen MR) is 88.8 cm³/mol. The van der Waals surface area contributed by atoms with Crippen LogP contribution in [0.15, 0.2) is 0 Å². The van der Waals surface area contributed by atoms with Crippen LogP contribution in [0.25, 0.3) is 0 Å². The second kappa shape index (κ2) is 9.16. The van der Waals surface area contributed by atoms with E-state index >= 15 is 0 Å². The monoisotopic (exact) mass is 314 g/mol. The molecule has 2 N–H and O–H groups in total. The van der Waals surface area contributed by atoms with Crippen LogP contribution in [-0.2, 0) is 9.59 Å². The van der Waals surface area contributed by atoms with Crippen molar-refractivity contribution in [1.82, 2.24) is 0 Å². The Morgan fingerprint density at radius 1 is 0.909 bits per heavy atom. The molecule has 0 heterocycles. The molecule has 0 saturated heterocycles. The second-order valence-corrected chi connectivity index (χ2v) is 7.81. The van der Waals surface area contributed by atoms with Crippen molar-refractivity contribution < 1.29 is 19.8 Å². The van der Waals surface area contributed by atoms with Gasteiger partial charge < -0.3 is 10.2 Å². The van der Waals surface area contributed by atoms with E-state index in [2.05, 4.69) is 20.8 Å². The number of rotatable bonds is 10. The van der Waals surface area contributed by atoms with Gasteiger partial charge in [-0.05, 0) is 36.5 Å². The van der Waals surface area contributed by atoms with E-state index in [-0.39, 0.29) is 17.3 Å². The van der Waals surface area contributed by atoms with E-state index in [1.165, 1.54) is 0 Å². The Hall–Kier alpha value is -1.06. The molecule has 0 radical (unpaired) electrons. The summed E-state index contributed by atoms with van der Waals surface area (Å²) >= 11 is 0. The van der Waals surface area contributed by atoms with Gasteiger partial charge in [0, 0.05) is 0 Å². The third kappa shape index (κ3) is 6.80. The Labute approximate surface area is 135 Å². The molecule has 4 heteroatoms. The van der Waals surface area contributed by atoms with Crippen LogP contribution in [0, 0.1) is 29.1 Å². The van der Waals surface area contributed by atoms with Gasteiger partial charge in [0.05, 0.1) is 11.8 Å². The van der Waals surface area contributed by atoms with Crippen LogP contribution in [0.2, 0.25) is 0 Å². The van der Waals surface area contributed by atoms with Crippen LogP contribution >= 0.6 is 0 Å². The zero-order chi connectivity index (χ0) is 17.5. The van der Waals surface area contributed by atoms with Crippen molar-refractivity contribution in [1.29, 1.82) is 0 Å². The van der Waals surface area contributed by atoms with E-state index in [9.17, 15) is 19.8 Å². The highest BCUT2D eigenvalue weighted by atomic mass is 16.4. The van der Waals surface area contributed by atoms with Crippen molar-refractivity contribution in [3.63, 3.8) is 0 Å². The highest BCUT2D eigenvalue weighted by Gasteiger charge is 2.42. The number of aliphatic carboxylic acids is 2. The molecule has 130 valence electrons. The minimum Gasteiger partial charge on any atom is -0.481 e. The average Bonchev–Trinajstić information content (AvgIpc) is 2.32. The zero-order valence-electron chi connectivity index (χ0n) is 15.1. The Kier molecular flexibility index (Phi) is 8.72. The van der Waals surface area contributed by atoms with Gasteiger partial charge in [0.25, 0.3) is 0 Å². The SMILES string of the molecule is CCCC(CCC)C(C(=O)O)C(C(=O)O)C(C)CC(C)(C)C. The first kappa shape index (κ1) is 20.9. The van der Waals surface area contributed by atoms with Gasteiger partial charge in [0.15, 0.2) is 0 Å². The minimum absolute atomic E-state index is 0.0127. The molecule has 0 aromatic heterocycles. The summed E-state index contributed by atoms with van der Waals surface area (Å²) < 4.78 is 0. The summed E-state index contributed by atoms with van der Waals surface area (Å²) in [5, 5.41) is 19.4. The van der Waals surface area contributed by atoms with Crippen molar-refractivity contribution >= 4 is 11.9 Å². The maximum absolute atomic E-state index is 11.8. The van der Waals surface area contributed by atoms with Crippen LogP contribution in [0.1, 0.15) is 73.6 Å². The summed E-state index contributed by atoms with van der Waals surface area (Å²) in [7, 11) is 0. The molecule has 0 aromatic carbocycles. The molecule has 0 bridgehead atoms. The molecular formula is C18H34O4. The van der Waals surface area contributed by atoms with Gasteiger partial charge in [-0.25, -0.2) is 0 Å². The predicted octanol–water partition coefficient (Wildman–Crippen LogP) is 4.68. The van der Waals surface area contributed by atoms with Gasteiger partial charge in [0.2, 0.25) is 0 Å². The first-order valence-electron chi connectivity index (χ1n) is 8.50. The quantitative estimate of drug-likeness (QED) is 0.614. The molecular weight excluding hydrogens is 280 g/mol. The average molecular weight is 314 g/mol. The maximum Gasteiger partial charge on any atom is 0.307 e. The number of hydrogen-bond donors (Lipinski definition) is 2. The van der Waals surface area contributed by atoms with Gasteiger partial charge >= 0.3 is 11.9 Å². The van der Waals surface area contributed by atoms with E-state index in [1.807, 2.05) is 20.8 Å². The fraction of sp³-hybridized carbons (Fsp3) is 0.889. The van der Waals surface area contributed by atoms with Crippen LogP contribution in [0.3, 0.4) is 0 Å². The summed E-state index contributed by atoms with van der Waals surface area (Å²) in [5.74, 6) is -3.76. The Morgan fingerprint density at radius 3 is 1.59 bits per heavy atom. The standard InChI is InChI=1S/C18H34O4/c1-7-9-13(10-8-2)15(17(21)22)14(16(19)20)12(3)11-18(4,5)6/h12-15H,7-11H2,1-6H3,(H,19,20)(H,21,22). The summed E-state index contributed by atoms with van der Waals surface area (Å²) in [6.45, 7) is 12.1. The van der Waals surface area contributed by atoms with Gasteiger partial charge in [-0.15, -0.1) is 0 Å². The van der Waals surface area contributed by atoms with E-state index in [0.29, 0.717) is 6.42 Å². The van der Waals surface area contributed by atoms with Crippen molar-refractivity contribution in [3.8, 4) is 0 Å². The molecule has 3 unspecified atom stereocenters. The van der Waals surface area contributed by atoms with Gasteiger partial charge in [-0.1, -0.05) is 54.4 Å². The Balaban J connectivity index is 5.50. The molecule has 4 nitrogen and oxygen atoms in total. The van der Waals surface area contributed by atoms with Crippen LogP contribution in [0.5, 0.6) is 0 Å². The van der Waals surface area contributed by atoms with Crippen LogP contribution in [0.4, 0.5) is 0 Å². The summed E-state index contributed by atoms with van der Waals surface area (Å²) in [6, 6.07) is 0. The van der Waals surface area contributed by atoms with Crippen LogP contribution in [-0.4, -0.2) is 22.2 Å². The lowest BCUT2D eigenvalue weighted by molar-refractivity contribution is -0.159. The van der Waals surface area contributed by atoms with Gasteiger partial charge in [-0.2, -0.15) is 0 Å². The van der Waals surface area contributed by atoms with Gasteiger partial charge in [-0.3, -0.25) is 9.59 Å². The third-order valence-electron chi connectivity index (χ3n) is 4.33. The third-order valence-corrected chi connectivity index (χ3v) is 4.33. The molecule has 0 aromatic rings. The lowest BCUT2D eigenvalue weighted by Crippen LogP contribution is -2.40. The van der Waals surface area contributed by atoms with Crippen LogP contribution < -0.4 is 0 Å². The molecule has 0 spiro atoms. The second-order valence-electron chi connectivity index (χ2n) is 7.81. The molecule has 0 saturated carbocycles. The Morgan fingerprint density at radius 2 is 1.32 bits per heavy atom. The Bertz CT molecular complexity index is 351. The van der Waals surface area contributed by atoms with E-state index < -0.39 is 23.8 Å². The molecule has 0 rings (SSSR count). The molecule has 0 aliphatic heterocycles. The van der Waals surface area contributed by atoms with E-state index in [4.69, 9.17) is 0 Å². The molecule has 0 aliphatic carbocycles. The van der Waals surface area contributed by atoms with E-state index in [0.717, 1.165) is 25.7 Å². The lowest BCUT2D eigenvalue weighted by atomic mass is 9.69. The smallest absolute Gasteiger partial charge is 0.307 e. The minimum atomic E-state index is -0.971. The zero-order valence-corrected chi connectivity index (χ0v) is 15.1. The number of hydrogen-bond acceptors (Lipinski definition) is 2. The number of carbonyl (C=O) groups is 2. The first-order chi connectivity index (χ1) is 10.0. The molecule has 3 atom stereocenters. The topological polar surface area (TPSA) is 74.6 Å². The largest absolute Gasteiger partial charge is 0.481 e. The summed E-state index contributed by atoms with van der Waals surface area (Å²) in [4.78, 5) is 23.7. The molecule has 0 aliphatic rings. The number of carboxylic acid groups (broad SMARTS) is 2. The van der Waals surface area contributed by atoms with Crippen molar-refractivity contribution in [2.75, 3.05) is 0 Å². The van der Waals surface area contributed by atoms with E-state index in [1.54, 1.807) is 0 Å². The lowest BCUT2D eigenvalue weighted by Gasteiger charge is -2.34. The molecule has 0 fully saturated rings. The molecule has 22 heavy (non-hydrogen) atoms. The number of carboxylic acids is 2. The normalized spacial score (nSPS) is 16.3. The summed E-state index contributed by atoms with van der Waals surface area (Å²) in [6.07, 6.45) is 4.02. The van der Waals surface area contributed by atoms with Crippen molar-refractivity contribution in [2.45, 2.75) is 73.6 Å². The first-order valence-corrected chi connectivity index (χ1v) is 8.50. The highest BCUT2D eigenvalue weighted by molar-refractivity contribution is 5.80. The van der Waals surface area contributed by atoms with Gasteiger partial charge in [0.1, 0.15) is 0 Å². The van der Waals surface area contributed by atoms with Crippen molar-refractivity contribution in [3.05, 3.63) is 0 Å².